The summed E-state index contributed by atoms with van der Waals surface area (Å²) >= 11 is 0. The molecule has 5 rings (SSSR count). The van der Waals surface area contributed by atoms with Gasteiger partial charge in [0, 0.05) is 17.2 Å². The largest absolute Gasteiger partial charge is 0.455 e. The first-order valence-electron chi connectivity index (χ1n) is 9.39. The molecule has 8 nitrogen and oxygen atoms in total. The number of rotatable bonds is 4. The summed E-state index contributed by atoms with van der Waals surface area (Å²) in [6, 6.07) is 8.16. The molecule has 2 heterocycles. The number of nitro groups is 1. The van der Waals surface area contributed by atoms with Crippen LogP contribution >= 0.6 is 0 Å². The molecule has 2 amide bonds. The lowest BCUT2D eigenvalue weighted by molar-refractivity contribution is -0.385. The van der Waals surface area contributed by atoms with E-state index in [4.69, 9.17) is 4.42 Å². The monoisotopic (exact) mass is 391 g/mol. The maximum atomic E-state index is 12.6. The van der Waals surface area contributed by atoms with Gasteiger partial charge >= 0.3 is 0 Å². The number of hydrogen-bond acceptors (Lipinski definition) is 6. The van der Waals surface area contributed by atoms with Gasteiger partial charge in [-0.2, -0.15) is 10.1 Å². The molecule has 2 fully saturated rings. The number of nitro benzene ring substituents is 1. The third kappa shape index (κ3) is 2.63. The minimum atomic E-state index is -0.437. The van der Waals surface area contributed by atoms with E-state index in [2.05, 4.69) is 5.10 Å². The molecule has 3 aliphatic rings. The quantitative estimate of drug-likeness (QED) is 0.261. The summed E-state index contributed by atoms with van der Waals surface area (Å²) in [6.07, 6.45) is 6.26. The van der Waals surface area contributed by atoms with Gasteiger partial charge in [0.25, 0.3) is 17.5 Å². The van der Waals surface area contributed by atoms with Gasteiger partial charge in [0.2, 0.25) is 0 Å². The van der Waals surface area contributed by atoms with Crippen LogP contribution in [0.5, 0.6) is 0 Å². The second-order valence-electron chi connectivity index (χ2n) is 7.69. The van der Waals surface area contributed by atoms with Crippen LogP contribution in [-0.4, -0.2) is 28.0 Å². The zero-order chi connectivity index (χ0) is 20.3. The lowest BCUT2D eigenvalue weighted by atomic mass is 9.85. The summed E-state index contributed by atoms with van der Waals surface area (Å²) in [5.74, 6) is -0.0500. The summed E-state index contributed by atoms with van der Waals surface area (Å²) in [5.41, 5.74) is 1.14. The van der Waals surface area contributed by atoms with Gasteiger partial charge in [0.1, 0.15) is 11.5 Å². The minimum absolute atomic E-state index is 0.0113. The Kier molecular flexibility index (Phi) is 3.77. The molecule has 146 valence electrons. The number of amides is 2. The van der Waals surface area contributed by atoms with Gasteiger partial charge in [0.05, 0.1) is 23.0 Å². The Bertz CT molecular complexity index is 1090. The summed E-state index contributed by atoms with van der Waals surface area (Å²) in [7, 11) is 0. The number of hydrazone groups is 1. The highest BCUT2D eigenvalue weighted by atomic mass is 16.6. The highest BCUT2D eigenvalue weighted by Crippen LogP contribution is 2.52. The summed E-state index contributed by atoms with van der Waals surface area (Å²) in [4.78, 5) is 36.0. The highest BCUT2D eigenvalue weighted by molar-refractivity contribution is 6.06. The number of hydrogen-bond donors (Lipinski definition) is 0. The average Bonchev–Trinajstić information content (AvgIpc) is 3.46. The maximum Gasteiger partial charge on any atom is 0.273 e. The lowest BCUT2D eigenvalue weighted by Crippen LogP contribution is -2.28. The van der Waals surface area contributed by atoms with Crippen LogP contribution in [0.15, 0.2) is 52.0 Å². The van der Waals surface area contributed by atoms with Crippen molar-refractivity contribution in [3.8, 4) is 11.3 Å². The smallest absolute Gasteiger partial charge is 0.273 e. The van der Waals surface area contributed by atoms with Crippen molar-refractivity contribution in [3.05, 3.63) is 63.9 Å². The molecule has 4 atom stereocenters. The third-order valence-electron chi connectivity index (χ3n) is 6.06. The molecule has 0 radical (unpaired) electrons. The van der Waals surface area contributed by atoms with E-state index in [0.717, 1.165) is 11.4 Å². The highest BCUT2D eigenvalue weighted by Gasteiger charge is 2.59. The molecule has 2 aromatic rings. The fraction of sp³-hybridized carbons (Fsp3) is 0.286. The van der Waals surface area contributed by atoms with Gasteiger partial charge in [0.15, 0.2) is 0 Å². The van der Waals surface area contributed by atoms with E-state index >= 15 is 0 Å². The number of imide groups is 1. The topological polar surface area (TPSA) is 106 Å². The number of carbonyl (C=O) groups is 2. The number of nitrogens with zero attached hydrogens (tertiary/aromatic N) is 3. The van der Waals surface area contributed by atoms with Crippen molar-refractivity contribution in [2.24, 2.45) is 28.8 Å². The summed E-state index contributed by atoms with van der Waals surface area (Å²) in [5, 5.41) is 16.2. The molecular weight excluding hydrogens is 374 g/mol. The van der Waals surface area contributed by atoms with Gasteiger partial charge in [-0.3, -0.25) is 19.7 Å². The Morgan fingerprint density at radius 2 is 1.83 bits per heavy atom. The Labute approximate surface area is 165 Å². The van der Waals surface area contributed by atoms with E-state index < -0.39 is 4.92 Å². The zero-order valence-electron chi connectivity index (χ0n) is 15.5. The fourth-order valence-electron chi connectivity index (χ4n) is 4.65. The number of furan rings is 1. The van der Waals surface area contributed by atoms with Gasteiger partial charge in [-0.25, -0.2) is 0 Å². The van der Waals surface area contributed by atoms with Crippen molar-refractivity contribution in [2.45, 2.75) is 13.3 Å². The predicted molar refractivity (Wildman–Crippen MR) is 103 cm³/mol. The molecule has 0 spiro atoms. The number of fused-ring (bicyclic) bond motifs is 5. The lowest BCUT2D eigenvalue weighted by Gasteiger charge is -2.13. The van der Waals surface area contributed by atoms with Crippen LogP contribution in [-0.2, 0) is 9.59 Å². The van der Waals surface area contributed by atoms with Crippen LogP contribution in [0, 0.1) is 40.7 Å². The van der Waals surface area contributed by atoms with Crippen molar-refractivity contribution < 1.29 is 18.9 Å². The van der Waals surface area contributed by atoms with Crippen LogP contribution < -0.4 is 0 Å². The molecular formula is C21H17N3O5. The van der Waals surface area contributed by atoms with E-state index in [-0.39, 0.29) is 41.2 Å². The van der Waals surface area contributed by atoms with E-state index in [0.29, 0.717) is 22.6 Å². The third-order valence-corrected chi connectivity index (χ3v) is 6.06. The molecule has 1 saturated heterocycles. The maximum absolute atomic E-state index is 12.6. The molecule has 2 aliphatic carbocycles. The molecule has 1 aromatic carbocycles. The van der Waals surface area contributed by atoms with Crippen LogP contribution in [0.2, 0.25) is 0 Å². The number of allylic oxidation sites excluding steroid dienone is 2. The predicted octanol–water partition coefficient (Wildman–Crippen LogP) is 3.30. The van der Waals surface area contributed by atoms with Crippen molar-refractivity contribution in [1.29, 1.82) is 0 Å². The van der Waals surface area contributed by atoms with E-state index in [1.54, 1.807) is 31.2 Å². The Balaban J connectivity index is 1.37. The number of benzene rings is 1. The Hall–Kier alpha value is -3.55. The van der Waals surface area contributed by atoms with Gasteiger partial charge in [-0.1, -0.05) is 24.3 Å². The normalized spacial score (nSPS) is 27.4. The standard InChI is InChI=1S/C21H17N3O5/c1-11-2-3-12(9-16(11)24(27)28)17-7-6-15(29-17)10-22-23-20(25)18-13-4-5-14(8-13)19(18)21(23)26/h2-7,9-10,13-14,18-19H,8H2,1H3/b22-10-/t13-,14+,18-,19+. The van der Waals surface area contributed by atoms with Gasteiger partial charge in [-0.05, 0) is 37.3 Å². The van der Waals surface area contributed by atoms with Crippen molar-refractivity contribution in [1.82, 2.24) is 5.01 Å². The Morgan fingerprint density at radius 3 is 2.48 bits per heavy atom. The second-order valence-corrected chi connectivity index (χ2v) is 7.69. The van der Waals surface area contributed by atoms with Crippen molar-refractivity contribution in [2.75, 3.05) is 0 Å². The number of carbonyl (C=O) groups excluding carboxylic acids is 2. The van der Waals surface area contributed by atoms with Crippen LogP contribution in [0.3, 0.4) is 0 Å². The Morgan fingerprint density at radius 1 is 1.14 bits per heavy atom. The molecule has 29 heavy (non-hydrogen) atoms. The zero-order valence-corrected chi connectivity index (χ0v) is 15.5. The summed E-state index contributed by atoms with van der Waals surface area (Å²) in [6.45, 7) is 1.67. The summed E-state index contributed by atoms with van der Waals surface area (Å²) < 4.78 is 5.69. The van der Waals surface area contributed by atoms with E-state index in [1.807, 2.05) is 12.2 Å². The van der Waals surface area contributed by atoms with Gasteiger partial charge in [-0.15, -0.1) is 0 Å². The van der Waals surface area contributed by atoms with E-state index in [9.17, 15) is 19.7 Å². The van der Waals surface area contributed by atoms with Crippen LogP contribution in [0.25, 0.3) is 11.3 Å². The molecule has 1 saturated carbocycles. The fourth-order valence-corrected chi connectivity index (χ4v) is 4.65. The molecule has 1 aliphatic heterocycles. The molecule has 1 aromatic heterocycles. The first-order chi connectivity index (χ1) is 13.9. The van der Waals surface area contributed by atoms with Crippen molar-refractivity contribution >= 4 is 23.7 Å². The van der Waals surface area contributed by atoms with Crippen molar-refractivity contribution in [3.63, 3.8) is 0 Å². The SMILES string of the molecule is Cc1ccc(-c2ccc(/C=N\N3C(=O)[C@@H]4[C@H](C3=O)[C@@H]3C=C[C@H]4C3)o2)cc1[N+](=O)[O-]. The minimum Gasteiger partial charge on any atom is -0.455 e. The molecule has 0 unspecified atom stereocenters. The molecule has 8 heteroatoms. The van der Waals surface area contributed by atoms with E-state index in [1.165, 1.54) is 12.3 Å². The average molecular weight is 391 g/mol. The van der Waals surface area contributed by atoms with Gasteiger partial charge < -0.3 is 4.42 Å². The first-order valence-corrected chi connectivity index (χ1v) is 9.39. The second kappa shape index (κ2) is 6.23. The molecule has 2 bridgehead atoms. The molecule has 0 N–H and O–H groups in total. The number of aryl methyl sites for hydroxylation is 1. The first kappa shape index (κ1) is 17.5. The van der Waals surface area contributed by atoms with Crippen LogP contribution in [0.4, 0.5) is 5.69 Å². The van der Waals surface area contributed by atoms with Crippen LogP contribution in [0.1, 0.15) is 17.7 Å².